The van der Waals surface area contributed by atoms with Crippen LogP contribution in [0, 0.1) is 5.82 Å². The first-order valence-electron chi connectivity index (χ1n) is 9.68. The normalized spacial score (nSPS) is 16.5. The van der Waals surface area contributed by atoms with E-state index in [-0.39, 0.29) is 6.04 Å². The Morgan fingerprint density at radius 1 is 1.29 bits per heavy atom. The number of hydrogen-bond donors (Lipinski definition) is 2. The fourth-order valence-corrected chi connectivity index (χ4v) is 3.66. The molecule has 0 bridgehead atoms. The molecule has 5 heterocycles. The number of rotatable bonds is 4. The SMILES string of the molecule is O=C(O)N1CCCC(Nc2cc(-n3cncn3)nc(-c3cnc4ccc(F)cn34)n2)C1. The maximum Gasteiger partial charge on any atom is 0.407 e. The minimum atomic E-state index is -0.939. The lowest BCUT2D eigenvalue weighted by Crippen LogP contribution is -2.44. The highest BCUT2D eigenvalue weighted by molar-refractivity contribution is 5.65. The van der Waals surface area contributed by atoms with Crippen molar-refractivity contribution >= 4 is 17.6 Å². The van der Waals surface area contributed by atoms with Gasteiger partial charge in [-0.2, -0.15) is 5.10 Å². The van der Waals surface area contributed by atoms with Gasteiger partial charge in [0.25, 0.3) is 0 Å². The maximum absolute atomic E-state index is 13.8. The van der Waals surface area contributed by atoms with Crippen LogP contribution in [0.5, 0.6) is 0 Å². The number of anilines is 1. The zero-order valence-corrected chi connectivity index (χ0v) is 16.3. The molecular formula is C19H18FN9O2. The molecule has 0 saturated carbocycles. The number of likely N-dealkylation sites (tertiary alicyclic amines) is 1. The number of piperidine rings is 1. The number of nitrogens with one attached hydrogen (secondary N) is 1. The molecule has 1 atom stereocenters. The van der Waals surface area contributed by atoms with Gasteiger partial charge in [0.1, 0.15) is 35.6 Å². The lowest BCUT2D eigenvalue weighted by Gasteiger charge is -2.31. The number of nitrogens with zero attached hydrogens (tertiary/aromatic N) is 8. The van der Waals surface area contributed by atoms with Crippen LogP contribution >= 0.6 is 0 Å². The van der Waals surface area contributed by atoms with Gasteiger partial charge in [-0.25, -0.2) is 33.8 Å². The van der Waals surface area contributed by atoms with Crippen LogP contribution < -0.4 is 5.32 Å². The number of imidazole rings is 1. The van der Waals surface area contributed by atoms with Crippen LogP contribution in [-0.4, -0.2) is 69.3 Å². The van der Waals surface area contributed by atoms with Gasteiger partial charge in [-0.05, 0) is 25.0 Å². The average Bonchev–Trinajstić information content (AvgIpc) is 3.44. The van der Waals surface area contributed by atoms with E-state index in [0.29, 0.717) is 41.9 Å². The van der Waals surface area contributed by atoms with Crippen LogP contribution in [-0.2, 0) is 0 Å². The molecular weight excluding hydrogens is 405 g/mol. The second kappa shape index (κ2) is 7.63. The van der Waals surface area contributed by atoms with Crippen LogP contribution in [0.3, 0.4) is 0 Å². The molecule has 0 spiro atoms. The monoisotopic (exact) mass is 423 g/mol. The number of halogens is 1. The first-order valence-corrected chi connectivity index (χ1v) is 9.68. The van der Waals surface area contributed by atoms with Gasteiger partial charge < -0.3 is 15.3 Å². The maximum atomic E-state index is 13.8. The Labute approximate surface area is 175 Å². The third-order valence-corrected chi connectivity index (χ3v) is 5.11. The summed E-state index contributed by atoms with van der Waals surface area (Å²) in [5, 5.41) is 16.7. The molecule has 4 aromatic rings. The van der Waals surface area contributed by atoms with Crippen LogP contribution in [0.1, 0.15) is 12.8 Å². The number of fused-ring (bicyclic) bond motifs is 1. The zero-order chi connectivity index (χ0) is 21.4. The molecule has 1 fully saturated rings. The van der Waals surface area contributed by atoms with E-state index in [1.54, 1.807) is 22.7 Å². The number of amides is 1. The Balaban J connectivity index is 1.55. The largest absolute Gasteiger partial charge is 0.465 e. The van der Waals surface area contributed by atoms with E-state index in [1.807, 2.05) is 0 Å². The highest BCUT2D eigenvalue weighted by atomic mass is 19.1. The second-order valence-corrected chi connectivity index (χ2v) is 7.21. The third-order valence-electron chi connectivity index (χ3n) is 5.11. The van der Waals surface area contributed by atoms with Gasteiger partial charge in [0.15, 0.2) is 11.6 Å². The van der Waals surface area contributed by atoms with Crippen molar-refractivity contribution in [1.82, 2.24) is 39.0 Å². The van der Waals surface area contributed by atoms with Gasteiger partial charge >= 0.3 is 6.09 Å². The van der Waals surface area contributed by atoms with E-state index in [1.165, 1.54) is 34.5 Å². The summed E-state index contributed by atoms with van der Waals surface area (Å²) in [6.07, 6.45) is 6.42. The number of aromatic nitrogens is 7. The Morgan fingerprint density at radius 3 is 3.00 bits per heavy atom. The van der Waals surface area contributed by atoms with Crippen LogP contribution in [0.15, 0.2) is 43.2 Å². The summed E-state index contributed by atoms with van der Waals surface area (Å²) in [6.45, 7) is 0.869. The summed E-state index contributed by atoms with van der Waals surface area (Å²) in [7, 11) is 0. The summed E-state index contributed by atoms with van der Waals surface area (Å²) < 4.78 is 16.9. The van der Waals surface area contributed by atoms with E-state index >= 15 is 0 Å². The molecule has 12 heteroatoms. The fraction of sp³-hybridized carbons (Fsp3) is 0.263. The highest BCUT2D eigenvalue weighted by Gasteiger charge is 2.24. The van der Waals surface area contributed by atoms with E-state index in [2.05, 4.69) is 30.4 Å². The van der Waals surface area contributed by atoms with Crippen molar-refractivity contribution in [2.24, 2.45) is 0 Å². The van der Waals surface area contributed by atoms with E-state index < -0.39 is 11.9 Å². The average molecular weight is 423 g/mol. The molecule has 2 N–H and O–H groups in total. The molecule has 1 aliphatic rings. The van der Waals surface area contributed by atoms with Crippen LogP contribution in [0.2, 0.25) is 0 Å². The standard InChI is InChI=1S/C19H18FN9O2/c20-12-3-4-16-22-7-14(28(16)8-12)18-25-15(6-17(26-18)29-11-21-10-23-29)24-13-2-1-5-27(9-13)19(30)31/h3-4,6-8,10-11,13H,1-2,5,9H2,(H,30,31)(H,24,25,26). The van der Waals surface area contributed by atoms with Crippen molar-refractivity contribution in [2.75, 3.05) is 18.4 Å². The Hall–Kier alpha value is -4.09. The van der Waals surface area contributed by atoms with Crippen molar-refractivity contribution in [3.05, 3.63) is 49.1 Å². The second-order valence-electron chi connectivity index (χ2n) is 7.21. The molecule has 11 nitrogen and oxygen atoms in total. The third kappa shape index (κ3) is 3.74. The quantitative estimate of drug-likeness (QED) is 0.511. The van der Waals surface area contributed by atoms with Gasteiger partial charge in [-0.1, -0.05) is 0 Å². The van der Waals surface area contributed by atoms with Gasteiger partial charge in [0.05, 0.1) is 6.20 Å². The number of carbonyl (C=O) groups is 1. The van der Waals surface area contributed by atoms with Gasteiger partial charge in [-0.3, -0.25) is 4.40 Å². The summed E-state index contributed by atoms with van der Waals surface area (Å²) in [5.74, 6) is 0.870. The number of hydrogen-bond acceptors (Lipinski definition) is 7. The predicted octanol–water partition coefficient (Wildman–Crippen LogP) is 2.07. The highest BCUT2D eigenvalue weighted by Crippen LogP contribution is 2.23. The zero-order valence-electron chi connectivity index (χ0n) is 16.3. The number of carboxylic acid groups (broad SMARTS) is 1. The molecule has 1 aliphatic heterocycles. The lowest BCUT2D eigenvalue weighted by atomic mass is 10.1. The minimum Gasteiger partial charge on any atom is -0.465 e. The lowest BCUT2D eigenvalue weighted by molar-refractivity contribution is 0.133. The molecule has 1 amide bonds. The smallest absolute Gasteiger partial charge is 0.407 e. The molecule has 0 radical (unpaired) electrons. The van der Waals surface area contributed by atoms with Gasteiger partial charge in [0, 0.05) is 31.4 Å². The molecule has 1 saturated heterocycles. The minimum absolute atomic E-state index is 0.101. The predicted molar refractivity (Wildman–Crippen MR) is 107 cm³/mol. The first-order chi connectivity index (χ1) is 15.1. The van der Waals surface area contributed by atoms with E-state index in [4.69, 9.17) is 0 Å². The fourth-order valence-electron chi connectivity index (χ4n) is 3.66. The van der Waals surface area contributed by atoms with Crippen molar-refractivity contribution in [1.29, 1.82) is 0 Å². The van der Waals surface area contributed by atoms with Crippen LogP contribution in [0.25, 0.3) is 23.0 Å². The van der Waals surface area contributed by atoms with E-state index in [9.17, 15) is 14.3 Å². The number of pyridine rings is 1. The molecule has 0 aromatic carbocycles. The van der Waals surface area contributed by atoms with Crippen molar-refractivity contribution in [3.63, 3.8) is 0 Å². The van der Waals surface area contributed by atoms with Gasteiger partial charge in [-0.15, -0.1) is 0 Å². The van der Waals surface area contributed by atoms with E-state index in [0.717, 1.165) is 12.8 Å². The summed E-state index contributed by atoms with van der Waals surface area (Å²) >= 11 is 0. The van der Waals surface area contributed by atoms with Crippen molar-refractivity contribution in [3.8, 4) is 17.3 Å². The topological polar surface area (TPSA) is 126 Å². The molecule has 5 rings (SSSR count). The molecule has 0 aliphatic carbocycles. The van der Waals surface area contributed by atoms with Crippen molar-refractivity contribution in [2.45, 2.75) is 18.9 Å². The Morgan fingerprint density at radius 2 is 2.19 bits per heavy atom. The molecule has 158 valence electrons. The Kier molecular flexibility index (Phi) is 4.65. The molecule has 1 unspecified atom stereocenters. The molecule has 31 heavy (non-hydrogen) atoms. The first kappa shape index (κ1) is 18.9. The van der Waals surface area contributed by atoms with Crippen LogP contribution in [0.4, 0.5) is 15.0 Å². The van der Waals surface area contributed by atoms with Crippen molar-refractivity contribution < 1.29 is 14.3 Å². The Bertz CT molecular complexity index is 1240. The van der Waals surface area contributed by atoms with Gasteiger partial charge in [0.2, 0.25) is 0 Å². The summed E-state index contributed by atoms with van der Waals surface area (Å²) in [5.41, 5.74) is 1.07. The summed E-state index contributed by atoms with van der Waals surface area (Å²) in [6, 6.07) is 4.52. The summed E-state index contributed by atoms with van der Waals surface area (Å²) in [4.78, 5) is 30.1. The molecule has 4 aromatic heterocycles.